The average Bonchev–Trinajstić information content (AvgIpc) is 2.26. The minimum Gasteiger partial charge on any atom is -0.465 e. The second-order valence-electron chi connectivity index (χ2n) is 3.17. The molecule has 15 heavy (non-hydrogen) atoms. The molecule has 0 aliphatic rings. The number of ether oxygens (including phenoxy) is 1. The van der Waals surface area contributed by atoms with E-state index in [1.54, 1.807) is 12.3 Å². The Hall–Kier alpha value is -1.97. The highest BCUT2D eigenvalue weighted by Crippen LogP contribution is 2.15. The van der Waals surface area contributed by atoms with E-state index < -0.39 is 0 Å². The van der Waals surface area contributed by atoms with Gasteiger partial charge in [0, 0.05) is 17.3 Å². The van der Waals surface area contributed by atoms with Gasteiger partial charge in [-0.25, -0.2) is 14.8 Å². The number of pyridine rings is 2. The van der Waals surface area contributed by atoms with E-state index in [0.29, 0.717) is 11.2 Å². The van der Waals surface area contributed by atoms with Gasteiger partial charge in [0.05, 0.1) is 12.7 Å². The number of esters is 1. The molecule has 0 fully saturated rings. The van der Waals surface area contributed by atoms with Gasteiger partial charge in [-0.2, -0.15) is 0 Å². The van der Waals surface area contributed by atoms with Gasteiger partial charge < -0.3 is 4.74 Å². The van der Waals surface area contributed by atoms with Gasteiger partial charge in [0.2, 0.25) is 0 Å². The van der Waals surface area contributed by atoms with Crippen LogP contribution in [0.3, 0.4) is 0 Å². The van der Waals surface area contributed by atoms with E-state index in [-0.39, 0.29) is 5.97 Å². The lowest BCUT2D eigenvalue weighted by atomic mass is 10.1. The monoisotopic (exact) mass is 202 g/mol. The van der Waals surface area contributed by atoms with Crippen LogP contribution in [0.15, 0.2) is 24.4 Å². The van der Waals surface area contributed by atoms with Crippen LogP contribution >= 0.6 is 0 Å². The van der Waals surface area contributed by atoms with Crippen LogP contribution in [-0.2, 0) is 4.74 Å². The van der Waals surface area contributed by atoms with Crippen molar-refractivity contribution in [1.29, 1.82) is 0 Å². The largest absolute Gasteiger partial charge is 0.465 e. The Bertz CT molecular complexity index is 523. The molecule has 0 radical (unpaired) electrons. The normalized spacial score (nSPS) is 10.3. The molecule has 0 bridgehead atoms. The van der Waals surface area contributed by atoms with Crippen molar-refractivity contribution in [3.63, 3.8) is 0 Å². The van der Waals surface area contributed by atoms with Crippen LogP contribution in [0.4, 0.5) is 0 Å². The molecule has 0 saturated carbocycles. The molecule has 4 heteroatoms. The zero-order chi connectivity index (χ0) is 10.8. The van der Waals surface area contributed by atoms with Crippen molar-refractivity contribution >= 4 is 17.0 Å². The van der Waals surface area contributed by atoms with E-state index >= 15 is 0 Å². The molecular weight excluding hydrogens is 192 g/mol. The molecule has 0 spiro atoms. The molecule has 2 aromatic heterocycles. The second kappa shape index (κ2) is 3.65. The fourth-order valence-corrected chi connectivity index (χ4v) is 1.41. The maximum absolute atomic E-state index is 11.4. The first-order valence-corrected chi connectivity index (χ1v) is 4.53. The maximum atomic E-state index is 11.4. The number of fused-ring (bicyclic) bond motifs is 1. The Balaban J connectivity index is 2.71. The first kappa shape index (κ1) is 9.58. The van der Waals surface area contributed by atoms with Crippen LogP contribution in [0.1, 0.15) is 16.1 Å². The topological polar surface area (TPSA) is 52.1 Å². The van der Waals surface area contributed by atoms with Gasteiger partial charge in [-0.3, -0.25) is 0 Å². The van der Waals surface area contributed by atoms with E-state index in [0.717, 1.165) is 11.1 Å². The SMILES string of the molecule is COC(=O)c1ccnc2nc(C)ccc12. The summed E-state index contributed by atoms with van der Waals surface area (Å²) in [6.45, 7) is 1.88. The Morgan fingerprint density at radius 3 is 2.87 bits per heavy atom. The van der Waals surface area contributed by atoms with Crippen molar-refractivity contribution in [2.45, 2.75) is 6.92 Å². The third kappa shape index (κ3) is 1.66. The minimum atomic E-state index is -0.368. The first-order valence-electron chi connectivity index (χ1n) is 4.53. The Labute approximate surface area is 86.9 Å². The lowest BCUT2D eigenvalue weighted by molar-refractivity contribution is 0.0603. The molecular formula is C11H10N2O2. The number of hydrogen-bond donors (Lipinski definition) is 0. The lowest BCUT2D eigenvalue weighted by Crippen LogP contribution is -2.03. The van der Waals surface area contributed by atoms with Gasteiger partial charge in [-0.1, -0.05) is 0 Å². The second-order valence-corrected chi connectivity index (χ2v) is 3.17. The highest BCUT2D eigenvalue weighted by atomic mass is 16.5. The van der Waals surface area contributed by atoms with Crippen molar-refractivity contribution in [3.05, 3.63) is 35.7 Å². The fourth-order valence-electron chi connectivity index (χ4n) is 1.41. The molecule has 0 aliphatic heterocycles. The summed E-state index contributed by atoms with van der Waals surface area (Å²) >= 11 is 0. The summed E-state index contributed by atoms with van der Waals surface area (Å²) in [6.07, 6.45) is 1.56. The minimum absolute atomic E-state index is 0.368. The Morgan fingerprint density at radius 2 is 2.13 bits per heavy atom. The molecule has 2 rings (SSSR count). The predicted octanol–water partition coefficient (Wildman–Crippen LogP) is 1.72. The highest BCUT2D eigenvalue weighted by Gasteiger charge is 2.10. The summed E-state index contributed by atoms with van der Waals surface area (Å²) in [4.78, 5) is 19.8. The van der Waals surface area contributed by atoms with E-state index in [9.17, 15) is 4.79 Å². The highest BCUT2D eigenvalue weighted by molar-refractivity contribution is 6.02. The van der Waals surface area contributed by atoms with Gasteiger partial charge in [0.1, 0.15) is 0 Å². The summed E-state index contributed by atoms with van der Waals surface area (Å²) in [5, 5.41) is 0.718. The van der Waals surface area contributed by atoms with Crippen molar-refractivity contribution in [3.8, 4) is 0 Å². The number of methoxy groups -OCH3 is 1. The molecule has 2 aromatic rings. The van der Waals surface area contributed by atoms with Crippen molar-refractivity contribution in [1.82, 2.24) is 9.97 Å². The van der Waals surface area contributed by atoms with Crippen LogP contribution in [0.25, 0.3) is 11.0 Å². The fraction of sp³-hybridized carbons (Fsp3) is 0.182. The smallest absolute Gasteiger partial charge is 0.338 e. The molecule has 0 unspecified atom stereocenters. The van der Waals surface area contributed by atoms with Gasteiger partial charge in [-0.15, -0.1) is 0 Å². The van der Waals surface area contributed by atoms with E-state index in [2.05, 4.69) is 14.7 Å². The summed E-state index contributed by atoms with van der Waals surface area (Å²) in [6, 6.07) is 5.30. The van der Waals surface area contributed by atoms with Crippen molar-refractivity contribution < 1.29 is 9.53 Å². The summed E-state index contributed by atoms with van der Waals surface area (Å²) in [7, 11) is 1.36. The molecule has 0 aromatic carbocycles. The van der Waals surface area contributed by atoms with E-state index in [1.165, 1.54) is 7.11 Å². The van der Waals surface area contributed by atoms with E-state index in [1.807, 2.05) is 19.1 Å². The summed E-state index contributed by atoms with van der Waals surface area (Å²) in [5.41, 5.74) is 1.94. The molecule has 0 atom stereocenters. The molecule has 0 amide bonds. The molecule has 0 N–H and O–H groups in total. The zero-order valence-electron chi connectivity index (χ0n) is 8.52. The molecule has 2 heterocycles. The standard InChI is InChI=1S/C11H10N2O2/c1-7-3-4-8-9(11(14)15-2)5-6-12-10(8)13-7/h3-6H,1-2H3. The van der Waals surface area contributed by atoms with Gasteiger partial charge in [-0.05, 0) is 25.1 Å². The number of hydrogen-bond acceptors (Lipinski definition) is 4. The molecule has 0 aliphatic carbocycles. The van der Waals surface area contributed by atoms with Crippen molar-refractivity contribution in [2.24, 2.45) is 0 Å². The number of carbonyl (C=O) groups excluding carboxylic acids is 1. The third-order valence-corrected chi connectivity index (χ3v) is 2.15. The Morgan fingerprint density at radius 1 is 1.33 bits per heavy atom. The molecule has 4 nitrogen and oxygen atoms in total. The third-order valence-electron chi connectivity index (χ3n) is 2.15. The van der Waals surface area contributed by atoms with Crippen LogP contribution in [0, 0.1) is 6.92 Å². The predicted molar refractivity (Wildman–Crippen MR) is 55.6 cm³/mol. The number of carbonyl (C=O) groups is 1. The number of rotatable bonds is 1. The summed E-state index contributed by atoms with van der Waals surface area (Å²) in [5.74, 6) is -0.368. The number of aromatic nitrogens is 2. The van der Waals surface area contributed by atoms with Crippen molar-refractivity contribution in [2.75, 3.05) is 7.11 Å². The molecule has 0 saturated heterocycles. The van der Waals surface area contributed by atoms with Gasteiger partial charge >= 0.3 is 5.97 Å². The maximum Gasteiger partial charge on any atom is 0.338 e. The van der Waals surface area contributed by atoms with E-state index in [4.69, 9.17) is 0 Å². The van der Waals surface area contributed by atoms with Gasteiger partial charge in [0.25, 0.3) is 0 Å². The zero-order valence-corrected chi connectivity index (χ0v) is 8.52. The van der Waals surface area contributed by atoms with Crippen LogP contribution in [0.5, 0.6) is 0 Å². The van der Waals surface area contributed by atoms with Crippen LogP contribution in [-0.4, -0.2) is 23.0 Å². The van der Waals surface area contributed by atoms with Crippen LogP contribution in [0.2, 0.25) is 0 Å². The Kier molecular flexibility index (Phi) is 2.33. The summed E-state index contributed by atoms with van der Waals surface area (Å²) < 4.78 is 4.68. The number of aryl methyl sites for hydroxylation is 1. The number of nitrogens with zero attached hydrogens (tertiary/aromatic N) is 2. The van der Waals surface area contributed by atoms with Gasteiger partial charge in [0.15, 0.2) is 5.65 Å². The quantitative estimate of drug-likeness (QED) is 0.661. The lowest BCUT2D eigenvalue weighted by Gasteiger charge is -2.03. The molecule has 76 valence electrons. The first-order chi connectivity index (χ1) is 7.22. The average molecular weight is 202 g/mol. The van der Waals surface area contributed by atoms with Crippen LogP contribution < -0.4 is 0 Å².